The van der Waals surface area contributed by atoms with Crippen LogP contribution in [0, 0.1) is 0 Å². The van der Waals surface area contributed by atoms with Crippen LogP contribution in [-0.2, 0) is 0 Å². The highest BCUT2D eigenvalue weighted by atomic mass is 16.3. The predicted molar refractivity (Wildman–Crippen MR) is 84.0 cm³/mol. The van der Waals surface area contributed by atoms with Gasteiger partial charge in [0.15, 0.2) is 0 Å². The molecule has 3 N–H and O–H groups in total. The van der Waals surface area contributed by atoms with Gasteiger partial charge in [0, 0.05) is 37.9 Å². The van der Waals surface area contributed by atoms with Crippen LogP contribution in [0.15, 0.2) is 24.3 Å². The smallest absolute Gasteiger partial charge is 0.0558 e. The maximum atomic E-state index is 9.07. The lowest BCUT2D eigenvalue weighted by Crippen LogP contribution is -2.33. The van der Waals surface area contributed by atoms with Crippen LogP contribution in [-0.4, -0.2) is 49.3 Å². The Balaban J connectivity index is 2.11. The van der Waals surface area contributed by atoms with Crippen LogP contribution in [0.25, 0.3) is 0 Å². The number of para-hydroxylation sites is 1. The van der Waals surface area contributed by atoms with Gasteiger partial charge in [0.1, 0.15) is 0 Å². The molecule has 1 aliphatic rings. The van der Waals surface area contributed by atoms with Crippen molar-refractivity contribution in [3.05, 3.63) is 29.8 Å². The number of aliphatic hydroxyl groups is 1. The number of benzene rings is 1. The van der Waals surface area contributed by atoms with Gasteiger partial charge in [0.05, 0.1) is 6.61 Å². The first kappa shape index (κ1) is 15.3. The summed E-state index contributed by atoms with van der Waals surface area (Å²) in [5, 5.41) is 9.07. The number of aliphatic hydroxyl groups excluding tert-OH is 1. The topological polar surface area (TPSA) is 52.7 Å². The van der Waals surface area contributed by atoms with Crippen molar-refractivity contribution >= 4 is 5.69 Å². The minimum absolute atomic E-state index is 0.114. The molecule has 0 spiro atoms. The number of rotatable bonds is 5. The zero-order valence-electron chi connectivity index (χ0n) is 12.5. The van der Waals surface area contributed by atoms with Crippen molar-refractivity contribution < 1.29 is 5.11 Å². The first-order valence-corrected chi connectivity index (χ1v) is 7.69. The van der Waals surface area contributed by atoms with Crippen LogP contribution in [0.3, 0.4) is 0 Å². The van der Waals surface area contributed by atoms with Gasteiger partial charge in [-0.15, -0.1) is 0 Å². The average molecular weight is 277 g/mol. The molecule has 1 aromatic carbocycles. The fraction of sp³-hybridized carbons (Fsp3) is 0.625. The third-order valence-corrected chi connectivity index (χ3v) is 4.12. The van der Waals surface area contributed by atoms with Crippen molar-refractivity contribution in [3.8, 4) is 0 Å². The molecule has 0 bridgehead atoms. The van der Waals surface area contributed by atoms with Gasteiger partial charge in [-0.25, -0.2) is 0 Å². The Bertz CT molecular complexity index is 410. The Kier molecular flexibility index (Phi) is 5.83. The van der Waals surface area contributed by atoms with E-state index in [1.54, 1.807) is 0 Å². The number of anilines is 1. The van der Waals surface area contributed by atoms with Gasteiger partial charge >= 0.3 is 0 Å². The summed E-state index contributed by atoms with van der Waals surface area (Å²) in [6, 6.07) is 8.62. The van der Waals surface area contributed by atoms with E-state index in [4.69, 9.17) is 10.8 Å². The van der Waals surface area contributed by atoms with Crippen LogP contribution in [0.4, 0.5) is 5.69 Å². The molecule has 0 aliphatic carbocycles. The monoisotopic (exact) mass is 277 g/mol. The summed E-state index contributed by atoms with van der Waals surface area (Å²) in [5.41, 5.74) is 8.79. The number of hydrogen-bond acceptors (Lipinski definition) is 4. The first-order chi connectivity index (χ1) is 9.76. The van der Waals surface area contributed by atoms with Crippen LogP contribution < -0.4 is 10.6 Å². The molecular formula is C16H27N3O. The van der Waals surface area contributed by atoms with Crippen LogP contribution >= 0.6 is 0 Å². The van der Waals surface area contributed by atoms with E-state index in [0.29, 0.717) is 0 Å². The van der Waals surface area contributed by atoms with E-state index in [0.717, 1.165) is 45.6 Å². The molecule has 1 aromatic rings. The Morgan fingerprint density at radius 2 is 2.00 bits per heavy atom. The SMILES string of the molecule is CC[C@H](N)c1ccccc1N1CCCN(CCO)CC1. The van der Waals surface area contributed by atoms with Gasteiger partial charge in [-0.2, -0.15) is 0 Å². The van der Waals surface area contributed by atoms with Gasteiger partial charge in [-0.1, -0.05) is 25.1 Å². The van der Waals surface area contributed by atoms with Gasteiger partial charge < -0.3 is 15.7 Å². The summed E-state index contributed by atoms with van der Waals surface area (Å²) >= 11 is 0. The fourth-order valence-electron chi connectivity index (χ4n) is 2.89. The summed E-state index contributed by atoms with van der Waals surface area (Å²) < 4.78 is 0. The molecule has 1 aliphatic heterocycles. The number of nitrogens with zero attached hydrogens (tertiary/aromatic N) is 2. The summed E-state index contributed by atoms with van der Waals surface area (Å²) in [5.74, 6) is 0. The second-order valence-corrected chi connectivity index (χ2v) is 5.48. The minimum Gasteiger partial charge on any atom is -0.395 e. The number of hydrogen-bond donors (Lipinski definition) is 2. The van der Waals surface area contributed by atoms with Crippen molar-refractivity contribution in [1.29, 1.82) is 0 Å². The first-order valence-electron chi connectivity index (χ1n) is 7.69. The zero-order chi connectivity index (χ0) is 14.4. The second kappa shape index (κ2) is 7.62. The maximum Gasteiger partial charge on any atom is 0.0558 e. The van der Waals surface area contributed by atoms with Crippen LogP contribution in [0.5, 0.6) is 0 Å². The van der Waals surface area contributed by atoms with Gasteiger partial charge in [0.2, 0.25) is 0 Å². The lowest BCUT2D eigenvalue weighted by atomic mass is 10.0. The number of nitrogens with two attached hydrogens (primary N) is 1. The van der Waals surface area contributed by atoms with Gasteiger partial charge in [0.25, 0.3) is 0 Å². The van der Waals surface area contributed by atoms with E-state index in [2.05, 4.69) is 41.0 Å². The molecule has 0 aromatic heterocycles. The molecule has 2 rings (SSSR count). The molecule has 4 heteroatoms. The van der Waals surface area contributed by atoms with Gasteiger partial charge in [-0.05, 0) is 31.0 Å². The highest BCUT2D eigenvalue weighted by Crippen LogP contribution is 2.27. The molecule has 0 unspecified atom stereocenters. The van der Waals surface area contributed by atoms with E-state index in [1.165, 1.54) is 11.3 Å². The van der Waals surface area contributed by atoms with E-state index < -0.39 is 0 Å². The Hall–Kier alpha value is -1.10. The number of β-amino-alcohol motifs (C(OH)–C–C–N with tert-alkyl or cyclic N) is 1. The minimum atomic E-state index is 0.114. The third kappa shape index (κ3) is 3.72. The van der Waals surface area contributed by atoms with Crippen molar-refractivity contribution in [2.24, 2.45) is 5.73 Å². The molecular weight excluding hydrogens is 250 g/mol. The molecule has 0 amide bonds. The van der Waals surface area contributed by atoms with Crippen LogP contribution in [0.2, 0.25) is 0 Å². The standard InChI is InChI=1S/C16H27N3O/c1-2-15(17)14-6-3-4-7-16(14)19-9-5-8-18(10-11-19)12-13-20/h3-4,6-7,15,20H,2,5,8-13,17H2,1H3/t15-/m0/s1. The summed E-state index contributed by atoms with van der Waals surface area (Å²) in [6.07, 6.45) is 2.09. The summed E-state index contributed by atoms with van der Waals surface area (Å²) in [6.45, 7) is 7.31. The van der Waals surface area contributed by atoms with E-state index in [1.807, 2.05) is 0 Å². The molecule has 1 atom stereocenters. The normalized spacial score (nSPS) is 18.9. The quantitative estimate of drug-likeness (QED) is 0.858. The van der Waals surface area contributed by atoms with Crippen molar-refractivity contribution in [2.75, 3.05) is 44.2 Å². The molecule has 1 heterocycles. The average Bonchev–Trinajstić information content (AvgIpc) is 2.72. The molecule has 112 valence electrons. The van der Waals surface area contributed by atoms with Crippen molar-refractivity contribution in [3.63, 3.8) is 0 Å². The Morgan fingerprint density at radius 1 is 1.20 bits per heavy atom. The van der Waals surface area contributed by atoms with E-state index in [-0.39, 0.29) is 12.6 Å². The summed E-state index contributed by atoms with van der Waals surface area (Å²) in [4.78, 5) is 4.78. The largest absolute Gasteiger partial charge is 0.395 e. The van der Waals surface area contributed by atoms with Crippen molar-refractivity contribution in [1.82, 2.24) is 4.90 Å². The Morgan fingerprint density at radius 3 is 2.75 bits per heavy atom. The van der Waals surface area contributed by atoms with Crippen LogP contribution in [0.1, 0.15) is 31.4 Å². The highest BCUT2D eigenvalue weighted by molar-refractivity contribution is 5.55. The molecule has 20 heavy (non-hydrogen) atoms. The predicted octanol–water partition coefficient (Wildman–Crippen LogP) is 1.60. The maximum absolute atomic E-state index is 9.07. The third-order valence-electron chi connectivity index (χ3n) is 4.12. The molecule has 0 saturated carbocycles. The summed E-state index contributed by atoms with van der Waals surface area (Å²) in [7, 11) is 0. The van der Waals surface area contributed by atoms with E-state index >= 15 is 0 Å². The van der Waals surface area contributed by atoms with Crippen molar-refractivity contribution in [2.45, 2.75) is 25.8 Å². The van der Waals surface area contributed by atoms with Gasteiger partial charge in [-0.3, -0.25) is 4.90 Å². The fourth-order valence-corrected chi connectivity index (χ4v) is 2.89. The lowest BCUT2D eigenvalue weighted by Gasteiger charge is -2.27. The highest BCUT2D eigenvalue weighted by Gasteiger charge is 2.18. The molecule has 1 saturated heterocycles. The molecule has 1 fully saturated rings. The lowest BCUT2D eigenvalue weighted by molar-refractivity contribution is 0.204. The molecule has 0 radical (unpaired) electrons. The Labute approximate surface area is 122 Å². The van der Waals surface area contributed by atoms with E-state index in [9.17, 15) is 0 Å². The zero-order valence-corrected chi connectivity index (χ0v) is 12.5. The second-order valence-electron chi connectivity index (χ2n) is 5.48. The molecule has 4 nitrogen and oxygen atoms in total.